The number of benzene rings is 2. The van der Waals surface area contributed by atoms with Crippen LogP contribution in [0.3, 0.4) is 0 Å². The summed E-state index contributed by atoms with van der Waals surface area (Å²) in [6.45, 7) is 8.45. The monoisotopic (exact) mass is 780 g/mol. The zero-order valence-corrected chi connectivity index (χ0v) is 29.8. The number of carbonyl (C=O) groups excluding carboxylic acids is 1. The first kappa shape index (κ1) is 46.7. The number of alkyl halides is 1. The fourth-order valence-electron chi connectivity index (χ4n) is 4.35. The number of aryl methyl sites for hydroxylation is 4. The fraction of sp³-hybridized carbons (Fsp3) is 0.394. The van der Waals surface area contributed by atoms with Crippen molar-refractivity contribution in [3.05, 3.63) is 93.1 Å². The molecule has 0 saturated carbocycles. The predicted molar refractivity (Wildman–Crippen MR) is 183 cm³/mol. The van der Waals surface area contributed by atoms with Gasteiger partial charge in [-0.25, -0.2) is 18.4 Å². The quantitative estimate of drug-likeness (QED) is 0.0622. The SMILES string of the molecule is C.CI.COC(=O)c1ccc(F)c(OCCCc2c(C)n[nH]c2C)c1.Cc1n[nH]c(C)c1CCCOc1cc(C(=O)O)ccc1F.[Li+].[OH-]. The molecule has 0 aliphatic heterocycles. The van der Waals surface area contributed by atoms with Crippen molar-refractivity contribution in [2.45, 2.75) is 60.8 Å². The van der Waals surface area contributed by atoms with Crippen LogP contribution in [0.2, 0.25) is 0 Å². The minimum atomic E-state index is -1.11. The molecule has 260 valence electrons. The summed E-state index contributed by atoms with van der Waals surface area (Å²) in [6, 6.07) is 7.44. The van der Waals surface area contributed by atoms with Crippen molar-refractivity contribution in [2.24, 2.45) is 0 Å². The van der Waals surface area contributed by atoms with Crippen LogP contribution in [0.4, 0.5) is 8.78 Å². The second kappa shape index (κ2) is 23.8. The molecule has 0 aliphatic rings. The number of nitrogens with zero attached hydrogens (tertiary/aromatic N) is 2. The molecule has 4 N–H and O–H groups in total. The standard InChI is InChI=1S/C16H19FN2O3.C15H17FN2O3.CH3I.CH4.Li.H2O/c1-10-13(11(2)19-18-10)5-4-8-22-15-9-12(16(20)21-3)6-7-14(15)17;1-9-12(10(2)18-17-9)4-3-7-21-14-8-11(15(19)20)5-6-13(14)16;1-2;;;/h6-7,9H,4-5,8H2,1-3H3,(H,18,19);5-6,8H,3-4,7H2,1-2H3,(H,17,18)(H,19,20);1H3;1H4;;1H2/q;;;;+1;/p-1. The van der Waals surface area contributed by atoms with Gasteiger partial charge >= 0.3 is 30.8 Å². The summed E-state index contributed by atoms with van der Waals surface area (Å²) in [5, 5.41) is 22.9. The van der Waals surface area contributed by atoms with Crippen molar-refractivity contribution in [1.82, 2.24) is 20.4 Å². The molecule has 2 aromatic carbocycles. The Hall–Kier alpha value is -3.45. The van der Waals surface area contributed by atoms with Crippen molar-refractivity contribution in [3.8, 4) is 11.5 Å². The maximum atomic E-state index is 13.7. The zero-order chi connectivity index (χ0) is 33.5. The minimum absolute atomic E-state index is 0. The Morgan fingerprint density at radius 3 is 1.54 bits per heavy atom. The van der Waals surface area contributed by atoms with Gasteiger partial charge in [0.1, 0.15) is 0 Å². The van der Waals surface area contributed by atoms with Crippen LogP contribution in [-0.2, 0) is 17.6 Å². The van der Waals surface area contributed by atoms with Gasteiger partial charge in [-0.3, -0.25) is 10.2 Å². The van der Waals surface area contributed by atoms with Gasteiger partial charge in [-0.15, -0.1) is 0 Å². The molecular weight excluding hydrogens is 736 g/mol. The number of carboxylic acid groups (broad SMARTS) is 1. The molecule has 0 fully saturated rings. The van der Waals surface area contributed by atoms with Crippen molar-refractivity contribution in [2.75, 3.05) is 25.3 Å². The van der Waals surface area contributed by atoms with Crippen LogP contribution in [0.5, 0.6) is 11.5 Å². The maximum absolute atomic E-state index is 13.7. The normalized spacial score (nSPS) is 9.60. The Balaban J connectivity index is 0. The van der Waals surface area contributed by atoms with E-state index in [9.17, 15) is 18.4 Å². The third-order valence-corrected chi connectivity index (χ3v) is 6.75. The topological polar surface area (TPSA) is 169 Å². The van der Waals surface area contributed by atoms with Crippen LogP contribution >= 0.6 is 22.6 Å². The van der Waals surface area contributed by atoms with Gasteiger partial charge in [0, 0.05) is 11.4 Å². The number of H-pyrrole nitrogens is 2. The molecule has 0 amide bonds. The summed E-state index contributed by atoms with van der Waals surface area (Å²) in [5.74, 6) is -2.66. The van der Waals surface area contributed by atoms with Crippen LogP contribution in [0.1, 0.15) is 74.9 Å². The second-order valence-corrected chi connectivity index (χ2v) is 9.82. The second-order valence-electron chi connectivity index (χ2n) is 9.82. The van der Waals surface area contributed by atoms with Crippen LogP contribution in [0.25, 0.3) is 0 Å². The molecule has 0 atom stereocenters. The summed E-state index contributed by atoms with van der Waals surface area (Å²) in [4.78, 5) is 24.2. The van der Waals surface area contributed by atoms with Crippen LogP contribution < -0.4 is 28.3 Å². The van der Waals surface area contributed by atoms with E-state index in [1.165, 1.54) is 37.4 Å². The third-order valence-electron chi connectivity index (χ3n) is 6.75. The Morgan fingerprint density at radius 1 is 0.792 bits per heavy atom. The number of ether oxygens (including phenoxy) is 3. The number of aromatic nitrogens is 4. The number of carbonyl (C=O) groups is 2. The van der Waals surface area contributed by atoms with Crippen molar-refractivity contribution < 1.29 is 62.0 Å². The fourth-order valence-corrected chi connectivity index (χ4v) is 4.35. The molecule has 0 bridgehead atoms. The number of carboxylic acids is 1. The van der Waals surface area contributed by atoms with E-state index in [-0.39, 0.29) is 54.4 Å². The summed E-state index contributed by atoms with van der Waals surface area (Å²) in [6.07, 6.45) is 2.99. The van der Waals surface area contributed by atoms with Crippen LogP contribution in [0.15, 0.2) is 36.4 Å². The molecule has 0 radical (unpaired) electrons. The average Bonchev–Trinajstić information content (AvgIpc) is 3.53. The molecule has 48 heavy (non-hydrogen) atoms. The van der Waals surface area contributed by atoms with E-state index >= 15 is 0 Å². The number of aromatic carboxylic acids is 1. The van der Waals surface area contributed by atoms with Crippen molar-refractivity contribution in [1.29, 1.82) is 0 Å². The largest absolute Gasteiger partial charge is 1.00 e. The Bertz CT molecular complexity index is 1530. The number of methoxy groups -OCH3 is 1. The number of rotatable bonds is 12. The summed E-state index contributed by atoms with van der Waals surface area (Å²) < 4.78 is 42.6. The summed E-state index contributed by atoms with van der Waals surface area (Å²) >= 11 is 2.15. The van der Waals surface area contributed by atoms with Gasteiger partial charge in [0.05, 0.1) is 42.8 Å². The van der Waals surface area contributed by atoms with E-state index in [0.29, 0.717) is 19.6 Å². The van der Waals surface area contributed by atoms with E-state index in [4.69, 9.17) is 14.6 Å². The summed E-state index contributed by atoms with van der Waals surface area (Å²) in [7, 11) is 1.28. The molecule has 4 rings (SSSR count). The molecule has 15 heteroatoms. The van der Waals surface area contributed by atoms with Gasteiger partial charge in [0.25, 0.3) is 0 Å². The smallest absolute Gasteiger partial charge is 0.870 e. The third kappa shape index (κ3) is 14.0. The first-order chi connectivity index (χ1) is 21.5. The van der Waals surface area contributed by atoms with Gasteiger partial charge in [-0.1, -0.05) is 30.0 Å². The predicted octanol–water partition coefficient (Wildman–Crippen LogP) is 4.35. The molecule has 4 aromatic rings. The Labute approximate surface area is 306 Å². The first-order valence-corrected chi connectivity index (χ1v) is 16.2. The van der Waals surface area contributed by atoms with E-state index < -0.39 is 23.6 Å². The van der Waals surface area contributed by atoms with E-state index in [0.717, 1.165) is 59.2 Å². The van der Waals surface area contributed by atoms with Crippen LogP contribution in [0, 0.1) is 39.3 Å². The van der Waals surface area contributed by atoms with Crippen LogP contribution in [-0.4, -0.2) is 68.2 Å². The van der Waals surface area contributed by atoms with E-state index in [2.05, 4.69) is 47.7 Å². The molecule has 0 unspecified atom stereocenters. The average molecular weight is 781 g/mol. The van der Waals surface area contributed by atoms with E-state index in [1.54, 1.807) is 0 Å². The number of hydrogen-bond donors (Lipinski definition) is 3. The van der Waals surface area contributed by atoms with Gasteiger partial charge in [-0.05, 0) is 106 Å². The number of halogens is 3. The number of aromatic amines is 2. The zero-order valence-electron chi connectivity index (χ0n) is 27.7. The number of hydrogen-bond acceptors (Lipinski definition) is 8. The molecule has 2 aromatic heterocycles. The van der Waals surface area contributed by atoms with E-state index in [1.807, 2.05) is 32.6 Å². The molecule has 0 aliphatic carbocycles. The molecular formula is C33H44F2ILiN4O7. The molecule has 11 nitrogen and oxygen atoms in total. The van der Waals surface area contributed by atoms with Gasteiger partial charge in [0.15, 0.2) is 23.1 Å². The Kier molecular flexibility index (Phi) is 23.1. The maximum Gasteiger partial charge on any atom is 1.00 e. The molecule has 0 spiro atoms. The first-order valence-electron chi connectivity index (χ1n) is 14.1. The number of nitrogens with one attached hydrogen (secondary N) is 2. The number of esters is 1. The molecule has 0 saturated heterocycles. The molecule has 2 heterocycles. The van der Waals surface area contributed by atoms with Crippen molar-refractivity contribution in [3.63, 3.8) is 0 Å². The Morgan fingerprint density at radius 2 is 1.19 bits per heavy atom. The van der Waals surface area contributed by atoms with Crippen molar-refractivity contribution >= 4 is 34.5 Å². The van der Waals surface area contributed by atoms with Gasteiger partial charge in [0.2, 0.25) is 0 Å². The van der Waals surface area contributed by atoms with Gasteiger partial charge < -0.3 is 24.8 Å². The minimum Gasteiger partial charge on any atom is -0.870 e. The van der Waals surface area contributed by atoms with Gasteiger partial charge in [-0.2, -0.15) is 10.2 Å². The summed E-state index contributed by atoms with van der Waals surface area (Å²) in [5.41, 5.74) is 6.55.